The van der Waals surface area contributed by atoms with Crippen LogP contribution < -0.4 is 4.90 Å². The zero-order valence-electron chi connectivity index (χ0n) is 15.0. The monoisotopic (exact) mass is 366 g/mol. The lowest BCUT2D eigenvalue weighted by molar-refractivity contribution is -0.132. The number of hydrogen-bond acceptors (Lipinski definition) is 3. The van der Waals surface area contributed by atoms with E-state index >= 15 is 0 Å². The van der Waals surface area contributed by atoms with Gasteiger partial charge in [-0.05, 0) is 31.5 Å². The molecule has 1 aliphatic rings. The van der Waals surface area contributed by atoms with E-state index < -0.39 is 0 Å². The molecule has 7 nitrogen and oxygen atoms in total. The first-order valence-corrected chi connectivity index (χ1v) is 8.43. The first-order chi connectivity index (χ1) is 11.8. The first-order valence-electron chi connectivity index (χ1n) is 8.05. The summed E-state index contributed by atoms with van der Waals surface area (Å²) in [5, 5.41) is 0.573. The zero-order valence-corrected chi connectivity index (χ0v) is 15.7. The Balaban J connectivity index is 2.10. The Morgan fingerprint density at radius 2 is 1.96 bits per heavy atom. The summed E-state index contributed by atoms with van der Waals surface area (Å²) >= 11 is 6.12. The van der Waals surface area contributed by atoms with Crippen molar-refractivity contribution in [2.75, 3.05) is 45.3 Å². The van der Waals surface area contributed by atoms with E-state index in [2.05, 4.69) is 0 Å². The number of amides is 4. The van der Waals surface area contributed by atoms with Crippen molar-refractivity contribution in [2.45, 2.75) is 13.8 Å². The Bertz CT molecular complexity index is 692. The molecule has 1 aliphatic heterocycles. The Morgan fingerprint density at radius 1 is 1.28 bits per heavy atom. The summed E-state index contributed by atoms with van der Waals surface area (Å²) in [6.45, 7) is 4.17. The number of halogens is 1. The van der Waals surface area contributed by atoms with Crippen LogP contribution in [0.4, 0.5) is 10.5 Å². The summed E-state index contributed by atoms with van der Waals surface area (Å²) in [7, 11) is 3.27. The van der Waals surface area contributed by atoms with Crippen LogP contribution in [0.1, 0.15) is 12.5 Å². The number of urea groups is 1. The predicted octanol–water partition coefficient (Wildman–Crippen LogP) is 1.78. The largest absolute Gasteiger partial charge is 0.331 e. The highest BCUT2D eigenvalue weighted by Crippen LogP contribution is 2.28. The van der Waals surface area contributed by atoms with Gasteiger partial charge in [0.2, 0.25) is 11.8 Å². The number of anilines is 1. The van der Waals surface area contributed by atoms with E-state index in [1.165, 1.54) is 14.7 Å². The Labute approximate surface area is 152 Å². The Hall–Kier alpha value is -2.28. The van der Waals surface area contributed by atoms with E-state index in [0.29, 0.717) is 17.3 Å². The molecule has 0 atom stereocenters. The van der Waals surface area contributed by atoms with Crippen LogP contribution in [0, 0.1) is 6.92 Å². The van der Waals surface area contributed by atoms with Crippen molar-refractivity contribution in [1.82, 2.24) is 14.7 Å². The van der Waals surface area contributed by atoms with Crippen LogP contribution in [-0.4, -0.2) is 72.9 Å². The second-order valence-corrected chi connectivity index (χ2v) is 6.54. The molecule has 1 heterocycles. The number of carbonyl (C=O) groups excluding carboxylic acids is 3. The van der Waals surface area contributed by atoms with Crippen LogP contribution in [0.25, 0.3) is 0 Å². The molecule has 0 aromatic heterocycles. The van der Waals surface area contributed by atoms with Gasteiger partial charge in [-0.25, -0.2) is 4.79 Å². The number of nitrogens with zero attached hydrogens (tertiary/aromatic N) is 4. The highest BCUT2D eigenvalue weighted by Gasteiger charge is 2.33. The molecule has 0 saturated carbocycles. The topological polar surface area (TPSA) is 64.2 Å². The van der Waals surface area contributed by atoms with E-state index in [1.807, 2.05) is 13.8 Å². The van der Waals surface area contributed by atoms with Gasteiger partial charge in [-0.15, -0.1) is 0 Å². The van der Waals surface area contributed by atoms with Crippen molar-refractivity contribution in [3.05, 3.63) is 28.8 Å². The molecule has 0 spiro atoms. The first kappa shape index (κ1) is 19.1. The van der Waals surface area contributed by atoms with E-state index in [0.717, 1.165) is 5.56 Å². The number of benzene rings is 1. The van der Waals surface area contributed by atoms with Crippen LogP contribution in [0.5, 0.6) is 0 Å². The number of hydrogen-bond donors (Lipinski definition) is 0. The molecule has 0 N–H and O–H groups in total. The van der Waals surface area contributed by atoms with Gasteiger partial charge >= 0.3 is 6.03 Å². The van der Waals surface area contributed by atoms with Crippen LogP contribution in [0.3, 0.4) is 0 Å². The maximum absolute atomic E-state index is 12.5. The normalized spacial score (nSPS) is 14.0. The van der Waals surface area contributed by atoms with E-state index in [1.54, 1.807) is 37.2 Å². The standard InChI is InChI=1S/C17H23ClN4O3/c1-5-20(17(25)19(3)4)9-15(23)21-10-16(24)22(11-21)14-8-6-7-13(18)12(14)2/h6-8H,5,9-11H2,1-4H3. The third-order valence-electron chi connectivity index (χ3n) is 4.18. The average molecular weight is 367 g/mol. The van der Waals surface area contributed by atoms with Crippen molar-refractivity contribution in [3.63, 3.8) is 0 Å². The number of rotatable bonds is 4. The maximum atomic E-state index is 12.5. The van der Waals surface area contributed by atoms with Gasteiger partial charge in [0, 0.05) is 31.4 Å². The van der Waals surface area contributed by atoms with Crippen LogP contribution in [0.15, 0.2) is 18.2 Å². The van der Waals surface area contributed by atoms with E-state index in [-0.39, 0.29) is 37.6 Å². The molecule has 136 valence electrons. The SMILES string of the molecule is CCN(CC(=O)N1CC(=O)N(c2cccc(Cl)c2C)C1)C(=O)N(C)C. The molecule has 25 heavy (non-hydrogen) atoms. The third-order valence-corrected chi connectivity index (χ3v) is 4.59. The summed E-state index contributed by atoms with van der Waals surface area (Å²) in [5.74, 6) is -0.423. The Morgan fingerprint density at radius 3 is 2.56 bits per heavy atom. The fourth-order valence-corrected chi connectivity index (χ4v) is 2.84. The molecule has 1 saturated heterocycles. The lowest BCUT2D eigenvalue weighted by Crippen LogP contribution is -2.46. The summed E-state index contributed by atoms with van der Waals surface area (Å²) in [6, 6.07) is 5.11. The number of likely N-dealkylation sites (N-methyl/N-ethyl adjacent to an activating group) is 1. The van der Waals surface area contributed by atoms with Crippen molar-refractivity contribution in [3.8, 4) is 0 Å². The summed E-state index contributed by atoms with van der Waals surface area (Å²) in [5.41, 5.74) is 1.49. The minimum absolute atomic E-state index is 0.00149. The summed E-state index contributed by atoms with van der Waals surface area (Å²) in [6.07, 6.45) is 0. The lowest BCUT2D eigenvalue weighted by atomic mass is 10.2. The quantitative estimate of drug-likeness (QED) is 0.816. The maximum Gasteiger partial charge on any atom is 0.319 e. The van der Waals surface area contributed by atoms with Crippen LogP contribution in [0.2, 0.25) is 5.02 Å². The highest BCUT2D eigenvalue weighted by molar-refractivity contribution is 6.31. The van der Waals surface area contributed by atoms with Gasteiger partial charge in [-0.3, -0.25) is 14.5 Å². The summed E-state index contributed by atoms with van der Waals surface area (Å²) < 4.78 is 0. The van der Waals surface area contributed by atoms with Crippen LogP contribution in [-0.2, 0) is 9.59 Å². The third kappa shape index (κ3) is 4.04. The van der Waals surface area contributed by atoms with Crippen molar-refractivity contribution >= 4 is 35.1 Å². The van der Waals surface area contributed by atoms with Crippen molar-refractivity contribution < 1.29 is 14.4 Å². The molecular weight excluding hydrogens is 344 g/mol. The van der Waals surface area contributed by atoms with E-state index in [9.17, 15) is 14.4 Å². The molecule has 1 aromatic carbocycles. The molecule has 4 amide bonds. The van der Waals surface area contributed by atoms with Gasteiger partial charge in [-0.2, -0.15) is 0 Å². The molecule has 0 bridgehead atoms. The second-order valence-electron chi connectivity index (χ2n) is 6.13. The van der Waals surface area contributed by atoms with Gasteiger partial charge in [-0.1, -0.05) is 17.7 Å². The number of carbonyl (C=O) groups is 3. The molecule has 1 aromatic rings. The minimum atomic E-state index is -0.257. The smallest absolute Gasteiger partial charge is 0.319 e. The predicted molar refractivity (Wildman–Crippen MR) is 96.6 cm³/mol. The van der Waals surface area contributed by atoms with Gasteiger partial charge in [0.05, 0.1) is 0 Å². The average Bonchev–Trinajstić information content (AvgIpc) is 2.96. The molecule has 0 aliphatic carbocycles. The fraction of sp³-hybridized carbons (Fsp3) is 0.471. The van der Waals surface area contributed by atoms with Gasteiger partial charge in [0.25, 0.3) is 0 Å². The van der Waals surface area contributed by atoms with Crippen molar-refractivity contribution in [2.24, 2.45) is 0 Å². The Kier molecular flexibility index (Phi) is 5.89. The molecule has 0 radical (unpaired) electrons. The minimum Gasteiger partial charge on any atom is -0.331 e. The van der Waals surface area contributed by atoms with Gasteiger partial charge < -0.3 is 14.7 Å². The van der Waals surface area contributed by atoms with E-state index in [4.69, 9.17) is 11.6 Å². The second kappa shape index (κ2) is 7.74. The summed E-state index contributed by atoms with van der Waals surface area (Å²) in [4.78, 5) is 42.8. The zero-order chi connectivity index (χ0) is 18.7. The molecule has 8 heteroatoms. The molecule has 1 fully saturated rings. The van der Waals surface area contributed by atoms with Gasteiger partial charge in [0.1, 0.15) is 19.8 Å². The van der Waals surface area contributed by atoms with Gasteiger partial charge in [0.15, 0.2) is 0 Å². The molecular formula is C17H23ClN4O3. The molecule has 0 unspecified atom stereocenters. The highest BCUT2D eigenvalue weighted by atomic mass is 35.5. The lowest BCUT2D eigenvalue weighted by Gasteiger charge is -2.26. The molecule has 2 rings (SSSR count). The van der Waals surface area contributed by atoms with Crippen molar-refractivity contribution in [1.29, 1.82) is 0 Å². The van der Waals surface area contributed by atoms with Crippen LogP contribution >= 0.6 is 11.6 Å². The fourth-order valence-electron chi connectivity index (χ4n) is 2.68.